The first-order chi connectivity index (χ1) is 12.7. The maximum atomic E-state index is 12.4. The Kier molecular flexibility index (Phi) is 4.30. The Morgan fingerprint density at radius 1 is 1.19 bits per heavy atom. The third-order valence-electron chi connectivity index (χ3n) is 5.17. The fourth-order valence-corrected chi connectivity index (χ4v) is 5.38. The van der Waals surface area contributed by atoms with Crippen molar-refractivity contribution in [1.29, 1.82) is 0 Å². The summed E-state index contributed by atoms with van der Waals surface area (Å²) in [5.41, 5.74) is 0.0248. The lowest BCUT2D eigenvalue weighted by Crippen LogP contribution is -2.43. The Labute approximate surface area is 158 Å². The number of fused-ring (bicyclic) bond motifs is 1. The van der Waals surface area contributed by atoms with E-state index in [0.717, 1.165) is 12.8 Å². The Hall–Kier alpha value is -1.94. The van der Waals surface area contributed by atoms with Crippen LogP contribution in [0.1, 0.15) is 46.5 Å². The molecule has 1 saturated carbocycles. The van der Waals surface area contributed by atoms with Crippen LogP contribution < -0.4 is 10.9 Å². The Bertz CT molecular complexity index is 1010. The van der Waals surface area contributed by atoms with Crippen molar-refractivity contribution in [3.63, 3.8) is 0 Å². The molecule has 27 heavy (non-hydrogen) atoms. The fourth-order valence-electron chi connectivity index (χ4n) is 3.50. The molecule has 0 atom stereocenters. The first kappa shape index (κ1) is 18.4. The number of hydrogen-bond donors (Lipinski definition) is 2. The lowest BCUT2D eigenvalue weighted by Gasteiger charge is -2.31. The van der Waals surface area contributed by atoms with E-state index in [9.17, 15) is 13.2 Å². The number of nitrogens with zero attached hydrogens (tertiary/aromatic N) is 4. The molecule has 1 aliphatic heterocycles. The third kappa shape index (κ3) is 3.47. The van der Waals surface area contributed by atoms with Gasteiger partial charge in [0, 0.05) is 19.1 Å². The van der Waals surface area contributed by atoms with E-state index < -0.39 is 10.0 Å². The van der Waals surface area contributed by atoms with Gasteiger partial charge in [-0.15, -0.1) is 0 Å². The van der Waals surface area contributed by atoms with Crippen LogP contribution in [0.25, 0.3) is 11.0 Å². The van der Waals surface area contributed by atoms with Crippen molar-refractivity contribution in [3.8, 4) is 0 Å². The minimum Gasteiger partial charge on any atom is -0.353 e. The van der Waals surface area contributed by atoms with Gasteiger partial charge in [0.05, 0.1) is 17.0 Å². The van der Waals surface area contributed by atoms with Crippen molar-refractivity contribution >= 4 is 27.0 Å². The third-order valence-corrected chi connectivity index (χ3v) is 7.57. The maximum Gasteiger partial charge on any atom is 0.263 e. The largest absolute Gasteiger partial charge is 0.353 e. The van der Waals surface area contributed by atoms with Gasteiger partial charge in [0.1, 0.15) is 5.39 Å². The SMILES string of the molecule is CC(C)(C)n1ncc2c(=O)[nH]c(NC3CCN(S(=O)(=O)C4CC4)CC3)nc21. The summed E-state index contributed by atoms with van der Waals surface area (Å²) in [5, 5.41) is 7.87. The zero-order valence-corrected chi connectivity index (χ0v) is 16.7. The van der Waals surface area contributed by atoms with Crippen LogP contribution in [0, 0.1) is 0 Å². The van der Waals surface area contributed by atoms with E-state index in [2.05, 4.69) is 20.4 Å². The van der Waals surface area contributed by atoms with Gasteiger partial charge in [-0.25, -0.2) is 17.4 Å². The number of rotatable bonds is 4. The highest BCUT2D eigenvalue weighted by Crippen LogP contribution is 2.32. The number of sulfonamides is 1. The van der Waals surface area contributed by atoms with E-state index in [4.69, 9.17) is 0 Å². The van der Waals surface area contributed by atoms with Gasteiger partial charge in [-0.2, -0.15) is 10.1 Å². The van der Waals surface area contributed by atoms with Gasteiger partial charge >= 0.3 is 0 Å². The highest BCUT2D eigenvalue weighted by Gasteiger charge is 2.41. The van der Waals surface area contributed by atoms with Gasteiger partial charge in [0.25, 0.3) is 5.56 Å². The summed E-state index contributed by atoms with van der Waals surface area (Å²) in [7, 11) is -3.11. The number of piperidine rings is 1. The number of H-pyrrole nitrogens is 1. The molecule has 2 aliphatic rings. The molecular formula is C17H26N6O3S. The Morgan fingerprint density at radius 3 is 2.44 bits per heavy atom. The normalized spacial score (nSPS) is 20.3. The molecule has 1 saturated heterocycles. The van der Waals surface area contributed by atoms with Crippen molar-refractivity contribution in [3.05, 3.63) is 16.6 Å². The van der Waals surface area contributed by atoms with Crippen LogP contribution in [-0.2, 0) is 15.6 Å². The zero-order valence-electron chi connectivity index (χ0n) is 15.9. The number of hydrogen-bond acceptors (Lipinski definition) is 6. The van der Waals surface area contributed by atoms with Crippen LogP contribution in [-0.4, -0.2) is 56.9 Å². The van der Waals surface area contributed by atoms with E-state index in [1.807, 2.05) is 20.8 Å². The quantitative estimate of drug-likeness (QED) is 0.807. The molecule has 1 aliphatic carbocycles. The van der Waals surface area contributed by atoms with Crippen LogP contribution >= 0.6 is 0 Å². The first-order valence-electron chi connectivity index (χ1n) is 9.40. The molecule has 9 nitrogen and oxygen atoms in total. The topological polar surface area (TPSA) is 113 Å². The first-order valence-corrected chi connectivity index (χ1v) is 10.9. The van der Waals surface area contributed by atoms with Gasteiger partial charge in [0.15, 0.2) is 5.65 Å². The van der Waals surface area contributed by atoms with Crippen molar-refractivity contribution in [1.82, 2.24) is 24.1 Å². The van der Waals surface area contributed by atoms with Gasteiger partial charge in [-0.3, -0.25) is 9.78 Å². The predicted molar refractivity (Wildman–Crippen MR) is 103 cm³/mol. The Morgan fingerprint density at radius 2 is 1.85 bits per heavy atom. The van der Waals surface area contributed by atoms with Crippen molar-refractivity contribution in [2.75, 3.05) is 18.4 Å². The van der Waals surface area contributed by atoms with Crippen molar-refractivity contribution < 1.29 is 8.42 Å². The molecule has 3 heterocycles. The molecular weight excluding hydrogens is 368 g/mol. The van der Waals surface area contributed by atoms with Crippen LogP contribution in [0.15, 0.2) is 11.0 Å². The average Bonchev–Trinajstić information content (AvgIpc) is 3.35. The summed E-state index contributed by atoms with van der Waals surface area (Å²) in [5.74, 6) is 0.405. The highest BCUT2D eigenvalue weighted by atomic mass is 32.2. The molecule has 0 unspecified atom stereocenters. The molecule has 4 rings (SSSR count). The molecule has 2 fully saturated rings. The molecule has 0 radical (unpaired) electrons. The number of anilines is 1. The molecule has 0 bridgehead atoms. The van der Waals surface area contributed by atoms with E-state index in [1.165, 1.54) is 6.20 Å². The second kappa shape index (κ2) is 6.30. The number of aromatic nitrogens is 4. The highest BCUT2D eigenvalue weighted by molar-refractivity contribution is 7.90. The van der Waals surface area contributed by atoms with E-state index in [1.54, 1.807) is 8.99 Å². The molecule has 148 valence electrons. The lowest BCUT2D eigenvalue weighted by molar-refractivity contribution is 0.328. The zero-order chi connectivity index (χ0) is 19.4. The molecule has 2 N–H and O–H groups in total. The molecule has 0 amide bonds. The van der Waals surface area contributed by atoms with Gasteiger partial charge in [-0.05, 0) is 46.5 Å². The van der Waals surface area contributed by atoms with E-state index in [0.29, 0.717) is 42.9 Å². The molecule has 2 aromatic heterocycles. The molecule has 10 heteroatoms. The molecule has 0 aromatic carbocycles. The summed E-state index contributed by atoms with van der Waals surface area (Å²) in [6.07, 6.45) is 4.48. The van der Waals surface area contributed by atoms with Crippen LogP contribution in [0.2, 0.25) is 0 Å². The second-order valence-electron chi connectivity index (χ2n) is 8.44. The average molecular weight is 395 g/mol. The minimum atomic E-state index is -3.11. The van der Waals surface area contributed by atoms with Crippen LogP contribution in [0.3, 0.4) is 0 Å². The summed E-state index contributed by atoms with van der Waals surface area (Å²) >= 11 is 0. The molecule has 2 aromatic rings. The van der Waals surface area contributed by atoms with Crippen LogP contribution in [0.4, 0.5) is 5.95 Å². The monoisotopic (exact) mass is 394 g/mol. The van der Waals surface area contributed by atoms with Crippen LogP contribution in [0.5, 0.6) is 0 Å². The summed E-state index contributed by atoms with van der Waals surface area (Å²) in [4.78, 5) is 19.7. The predicted octanol–water partition coefficient (Wildman–Crippen LogP) is 1.24. The lowest BCUT2D eigenvalue weighted by atomic mass is 10.1. The fraction of sp³-hybridized carbons (Fsp3) is 0.706. The van der Waals surface area contributed by atoms with Crippen molar-refractivity contribution in [2.24, 2.45) is 0 Å². The summed E-state index contributed by atoms with van der Waals surface area (Å²) in [6, 6.07) is 0.0715. The molecule has 0 spiro atoms. The van der Waals surface area contributed by atoms with Gasteiger partial charge in [0.2, 0.25) is 16.0 Å². The van der Waals surface area contributed by atoms with E-state index >= 15 is 0 Å². The maximum absolute atomic E-state index is 12.4. The summed E-state index contributed by atoms with van der Waals surface area (Å²) < 4.78 is 28.0. The number of nitrogens with one attached hydrogen (secondary N) is 2. The Balaban J connectivity index is 1.50. The summed E-state index contributed by atoms with van der Waals surface area (Å²) in [6.45, 7) is 7.02. The second-order valence-corrected chi connectivity index (χ2v) is 10.7. The standard InChI is InChI=1S/C17H26N6O3S/c1-17(2,3)23-14-13(10-18-23)15(24)21-16(20-14)19-11-6-8-22(9-7-11)27(25,26)12-4-5-12/h10-12H,4-9H2,1-3H3,(H2,19,20,21,24). The smallest absolute Gasteiger partial charge is 0.263 e. The van der Waals surface area contributed by atoms with Gasteiger partial charge < -0.3 is 5.32 Å². The van der Waals surface area contributed by atoms with Gasteiger partial charge in [-0.1, -0.05) is 0 Å². The minimum absolute atomic E-state index is 0.0715. The van der Waals surface area contributed by atoms with Crippen molar-refractivity contribution in [2.45, 2.75) is 63.3 Å². The van der Waals surface area contributed by atoms with E-state index in [-0.39, 0.29) is 22.4 Å². The number of aromatic amines is 1.